The number of hydrogen-bond donors (Lipinski definition) is 2. The fourth-order valence-electron chi connectivity index (χ4n) is 1.52. The van der Waals surface area contributed by atoms with Gasteiger partial charge in [0.1, 0.15) is 5.60 Å². The van der Waals surface area contributed by atoms with Gasteiger partial charge in [0, 0.05) is 10.0 Å². The average molecular weight is 350 g/mol. The van der Waals surface area contributed by atoms with E-state index in [1.165, 1.54) is 6.07 Å². The Labute approximate surface area is 110 Å². The molecule has 1 heterocycles. The van der Waals surface area contributed by atoms with Crippen LogP contribution in [0.4, 0.5) is 0 Å². The molecular formula is C11H10Br2O3. The summed E-state index contributed by atoms with van der Waals surface area (Å²) in [6, 6.07) is 3.11. The number of hydrogen-bond acceptors (Lipinski definition) is 3. The van der Waals surface area contributed by atoms with Crippen molar-refractivity contribution in [1.29, 1.82) is 0 Å². The van der Waals surface area contributed by atoms with Crippen molar-refractivity contribution >= 4 is 36.3 Å². The predicted molar refractivity (Wildman–Crippen MR) is 69.3 cm³/mol. The number of rotatable bonds is 0. The first-order chi connectivity index (χ1) is 7.34. The summed E-state index contributed by atoms with van der Waals surface area (Å²) in [6.45, 7) is 3.73. The molecular weight excluding hydrogens is 340 g/mol. The van der Waals surface area contributed by atoms with Crippen molar-refractivity contribution < 1.29 is 14.9 Å². The van der Waals surface area contributed by atoms with Crippen LogP contribution in [0.2, 0.25) is 0 Å². The molecule has 0 saturated heterocycles. The summed E-state index contributed by atoms with van der Waals surface area (Å²) in [5, 5.41) is 19.2. The maximum Gasteiger partial charge on any atom is 0.201 e. The van der Waals surface area contributed by atoms with Gasteiger partial charge in [-0.05, 0) is 41.9 Å². The molecule has 1 aromatic rings. The summed E-state index contributed by atoms with van der Waals surface area (Å²) in [5.74, 6) is -0.129. The second kappa shape index (κ2) is 3.67. The molecule has 0 spiro atoms. The van der Waals surface area contributed by atoms with E-state index in [4.69, 9.17) is 4.74 Å². The SMILES string of the molecule is CC1(C)Oc2c(ccc(O)c2O)C(Br)=C1Br. The lowest BCUT2D eigenvalue weighted by molar-refractivity contribution is 0.148. The van der Waals surface area contributed by atoms with E-state index in [1.807, 2.05) is 13.8 Å². The Bertz CT molecular complexity index is 492. The first kappa shape index (κ1) is 11.8. The van der Waals surface area contributed by atoms with Gasteiger partial charge in [-0.25, -0.2) is 0 Å². The Morgan fingerprint density at radius 3 is 2.44 bits per heavy atom. The fraction of sp³-hybridized carbons (Fsp3) is 0.273. The van der Waals surface area contributed by atoms with Crippen molar-refractivity contribution in [3.8, 4) is 17.2 Å². The number of phenols is 2. The predicted octanol–water partition coefficient (Wildman–Crippen LogP) is 3.73. The zero-order valence-corrected chi connectivity index (χ0v) is 11.9. The molecule has 1 aromatic carbocycles. The molecule has 0 saturated carbocycles. The third-order valence-electron chi connectivity index (χ3n) is 2.43. The van der Waals surface area contributed by atoms with Crippen LogP contribution in [0.3, 0.4) is 0 Å². The molecule has 3 nitrogen and oxygen atoms in total. The summed E-state index contributed by atoms with van der Waals surface area (Å²) in [5.41, 5.74) is 0.124. The molecule has 16 heavy (non-hydrogen) atoms. The lowest BCUT2D eigenvalue weighted by Gasteiger charge is -2.33. The summed E-state index contributed by atoms with van der Waals surface area (Å²) >= 11 is 6.90. The van der Waals surface area contributed by atoms with Gasteiger partial charge in [-0.1, -0.05) is 15.9 Å². The lowest BCUT2D eigenvalue weighted by atomic mass is 10.0. The molecule has 0 amide bonds. The summed E-state index contributed by atoms with van der Waals surface area (Å²) < 4.78 is 7.34. The molecule has 86 valence electrons. The van der Waals surface area contributed by atoms with E-state index >= 15 is 0 Å². The van der Waals surface area contributed by atoms with E-state index in [2.05, 4.69) is 31.9 Å². The Balaban J connectivity index is 2.73. The quantitative estimate of drug-likeness (QED) is 0.702. The first-order valence-electron chi connectivity index (χ1n) is 4.64. The topological polar surface area (TPSA) is 49.7 Å². The monoisotopic (exact) mass is 348 g/mol. The summed E-state index contributed by atoms with van der Waals surface area (Å²) in [6.07, 6.45) is 0. The first-order valence-corrected chi connectivity index (χ1v) is 6.23. The van der Waals surface area contributed by atoms with Gasteiger partial charge in [0.15, 0.2) is 11.5 Å². The number of ether oxygens (including phenoxy) is 1. The molecule has 5 heteroatoms. The minimum absolute atomic E-state index is 0.187. The Hall–Kier alpha value is -0.680. The summed E-state index contributed by atoms with van der Waals surface area (Å²) in [4.78, 5) is 0. The molecule has 0 atom stereocenters. The van der Waals surface area contributed by atoms with Crippen LogP contribution >= 0.6 is 31.9 Å². The van der Waals surface area contributed by atoms with E-state index in [0.717, 1.165) is 8.96 Å². The highest BCUT2D eigenvalue weighted by Gasteiger charge is 2.35. The van der Waals surface area contributed by atoms with Crippen LogP contribution in [0.15, 0.2) is 16.6 Å². The minimum atomic E-state index is -0.586. The molecule has 0 unspecified atom stereocenters. The van der Waals surface area contributed by atoms with Crippen molar-refractivity contribution in [1.82, 2.24) is 0 Å². The van der Waals surface area contributed by atoms with Gasteiger partial charge in [-0.3, -0.25) is 0 Å². The van der Waals surface area contributed by atoms with Gasteiger partial charge >= 0.3 is 0 Å². The Morgan fingerprint density at radius 1 is 1.19 bits per heavy atom. The minimum Gasteiger partial charge on any atom is -0.504 e. The van der Waals surface area contributed by atoms with E-state index < -0.39 is 5.60 Å². The fourth-order valence-corrected chi connectivity index (χ4v) is 2.60. The van der Waals surface area contributed by atoms with Crippen LogP contribution < -0.4 is 4.74 Å². The van der Waals surface area contributed by atoms with Crippen molar-refractivity contribution in [2.24, 2.45) is 0 Å². The normalized spacial score (nSPS) is 18.0. The number of halogens is 2. The standard InChI is InChI=1S/C11H10Br2O3/c1-11(2)10(13)7(12)5-3-4-6(14)8(15)9(5)16-11/h3-4,14-15H,1-2H3. The molecule has 0 fully saturated rings. The van der Waals surface area contributed by atoms with Crippen molar-refractivity contribution in [3.05, 3.63) is 22.2 Å². The van der Waals surface area contributed by atoms with E-state index in [9.17, 15) is 10.2 Å². The largest absolute Gasteiger partial charge is 0.504 e. The molecule has 1 aliphatic rings. The molecule has 0 radical (unpaired) electrons. The molecule has 0 aliphatic carbocycles. The Morgan fingerprint density at radius 2 is 1.81 bits per heavy atom. The number of fused-ring (bicyclic) bond motifs is 1. The van der Waals surface area contributed by atoms with Gasteiger partial charge in [0.2, 0.25) is 5.75 Å². The maximum atomic E-state index is 9.75. The highest BCUT2D eigenvalue weighted by molar-refractivity contribution is 9.16. The third-order valence-corrected chi connectivity index (χ3v) is 5.13. The molecule has 1 aliphatic heterocycles. The van der Waals surface area contributed by atoms with E-state index in [-0.39, 0.29) is 11.5 Å². The maximum absolute atomic E-state index is 9.75. The second-order valence-corrected chi connectivity index (χ2v) is 5.64. The number of phenolic OH excluding ortho intramolecular Hbond substituents is 2. The lowest BCUT2D eigenvalue weighted by Crippen LogP contribution is -2.31. The van der Waals surface area contributed by atoms with Gasteiger partial charge < -0.3 is 14.9 Å². The molecule has 2 rings (SSSR count). The second-order valence-electron chi connectivity index (χ2n) is 4.05. The smallest absolute Gasteiger partial charge is 0.201 e. The van der Waals surface area contributed by atoms with Crippen LogP contribution in [-0.2, 0) is 0 Å². The highest BCUT2D eigenvalue weighted by atomic mass is 79.9. The van der Waals surface area contributed by atoms with Crippen molar-refractivity contribution in [2.45, 2.75) is 19.4 Å². The van der Waals surface area contributed by atoms with Crippen LogP contribution in [0.1, 0.15) is 19.4 Å². The van der Waals surface area contributed by atoms with E-state index in [0.29, 0.717) is 11.3 Å². The molecule has 0 aromatic heterocycles. The van der Waals surface area contributed by atoms with Gasteiger partial charge in [-0.15, -0.1) is 0 Å². The number of benzene rings is 1. The van der Waals surface area contributed by atoms with E-state index in [1.54, 1.807) is 6.07 Å². The highest BCUT2D eigenvalue weighted by Crippen LogP contribution is 2.51. The zero-order valence-electron chi connectivity index (χ0n) is 8.71. The third kappa shape index (κ3) is 1.62. The zero-order chi connectivity index (χ0) is 12.1. The number of aromatic hydroxyl groups is 2. The van der Waals surface area contributed by atoms with Crippen LogP contribution in [0, 0.1) is 0 Å². The average Bonchev–Trinajstić information content (AvgIpc) is 2.21. The molecule has 2 N–H and O–H groups in total. The van der Waals surface area contributed by atoms with Crippen LogP contribution in [0.5, 0.6) is 17.2 Å². The van der Waals surface area contributed by atoms with Crippen molar-refractivity contribution in [3.63, 3.8) is 0 Å². The van der Waals surface area contributed by atoms with Gasteiger partial charge in [-0.2, -0.15) is 0 Å². The Kier molecular flexibility index (Phi) is 2.70. The van der Waals surface area contributed by atoms with Gasteiger partial charge in [0.25, 0.3) is 0 Å². The van der Waals surface area contributed by atoms with Crippen molar-refractivity contribution in [2.75, 3.05) is 0 Å². The van der Waals surface area contributed by atoms with Gasteiger partial charge in [0.05, 0.1) is 4.48 Å². The molecule has 0 bridgehead atoms. The van der Waals surface area contributed by atoms with Crippen LogP contribution in [0.25, 0.3) is 4.48 Å². The summed E-state index contributed by atoms with van der Waals surface area (Å²) in [7, 11) is 0. The van der Waals surface area contributed by atoms with Crippen LogP contribution in [-0.4, -0.2) is 15.8 Å².